The van der Waals surface area contributed by atoms with Crippen LogP contribution in [0, 0.1) is 13.8 Å². The molecule has 15 heavy (non-hydrogen) atoms. The molecule has 0 aromatic carbocycles. The fourth-order valence-corrected chi connectivity index (χ4v) is 1.65. The first-order valence-electron chi connectivity index (χ1n) is 5.12. The molecule has 0 saturated carbocycles. The molecular formula is C11H19BrN2O. The van der Waals surface area contributed by atoms with Crippen molar-refractivity contribution in [3.63, 3.8) is 0 Å². The zero-order valence-corrected chi connectivity index (χ0v) is 11.7. The van der Waals surface area contributed by atoms with Crippen molar-refractivity contribution in [2.24, 2.45) is 0 Å². The van der Waals surface area contributed by atoms with Crippen molar-refractivity contribution in [1.82, 2.24) is 9.78 Å². The summed E-state index contributed by atoms with van der Waals surface area (Å²) in [4.78, 5) is 0. The number of methoxy groups -OCH3 is 1. The molecule has 0 N–H and O–H groups in total. The van der Waals surface area contributed by atoms with E-state index < -0.39 is 0 Å². The van der Waals surface area contributed by atoms with Gasteiger partial charge in [0.05, 0.1) is 15.8 Å². The number of hydrogen-bond donors (Lipinski definition) is 0. The molecule has 3 nitrogen and oxygen atoms in total. The second-order valence-electron chi connectivity index (χ2n) is 4.42. The molecular weight excluding hydrogens is 256 g/mol. The van der Waals surface area contributed by atoms with E-state index in [4.69, 9.17) is 4.74 Å². The van der Waals surface area contributed by atoms with Gasteiger partial charge in [0.2, 0.25) is 0 Å². The first kappa shape index (κ1) is 12.7. The van der Waals surface area contributed by atoms with Crippen molar-refractivity contribution >= 4 is 15.9 Å². The molecule has 0 fully saturated rings. The summed E-state index contributed by atoms with van der Waals surface area (Å²) in [5.41, 5.74) is 2.14. The Morgan fingerprint density at radius 1 is 1.40 bits per heavy atom. The largest absolute Gasteiger partial charge is 0.379 e. The van der Waals surface area contributed by atoms with E-state index in [-0.39, 0.29) is 5.60 Å². The molecule has 1 heterocycles. The highest BCUT2D eigenvalue weighted by Gasteiger charge is 2.17. The average molecular weight is 275 g/mol. The van der Waals surface area contributed by atoms with Gasteiger partial charge in [-0.1, -0.05) is 0 Å². The third-order valence-corrected chi connectivity index (χ3v) is 3.92. The Balaban J connectivity index is 2.70. The smallest absolute Gasteiger partial charge is 0.0738 e. The predicted octanol–water partition coefficient (Wildman–Crippen LogP) is 3.08. The molecule has 0 unspecified atom stereocenters. The van der Waals surface area contributed by atoms with E-state index in [2.05, 4.69) is 41.8 Å². The molecule has 0 amide bonds. The van der Waals surface area contributed by atoms with Crippen LogP contribution in [0.3, 0.4) is 0 Å². The van der Waals surface area contributed by atoms with Crippen LogP contribution in [-0.2, 0) is 11.3 Å². The fraction of sp³-hybridized carbons (Fsp3) is 0.727. The summed E-state index contributed by atoms with van der Waals surface area (Å²) in [5, 5.41) is 4.46. The lowest BCUT2D eigenvalue weighted by molar-refractivity contribution is 0.0112. The summed E-state index contributed by atoms with van der Waals surface area (Å²) in [6.45, 7) is 9.15. The van der Waals surface area contributed by atoms with Gasteiger partial charge in [-0.3, -0.25) is 4.68 Å². The van der Waals surface area contributed by atoms with Gasteiger partial charge >= 0.3 is 0 Å². The molecule has 0 radical (unpaired) electrons. The van der Waals surface area contributed by atoms with E-state index in [9.17, 15) is 0 Å². The van der Waals surface area contributed by atoms with Crippen LogP contribution in [0.25, 0.3) is 0 Å². The summed E-state index contributed by atoms with van der Waals surface area (Å²) < 4.78 is 8.52. The maximum Gasteiger partial charge on any atom is 0.0738 e. The van der Waals surface area contributed by atoms with Crippen molar-refractivity contribution in [3.05, 3.63) is 15.9 Å². The molecule has 86 valence electrons. The van der Waals surface area contributed by atoms with Crippen LogP contribution < -0.4 is 0 Å². The number of rotatable bonds is 4. The Morgan fingerprint density at radius 2 is 2.00 bits per heavy atom. The van der Waals surface area contributed by atoms with Gasteiger partial charge < -0.3 is 4.74 Å². The SMILES string of the molecule is COC(C)(C)CCn1nc(C)c(Br)c1C. The van der Waals surface area contributed by atoms with Gasteiger partial charge in [-0.25, -0.2) is 0 Å². The Bertz CT molecular complexity index is 345. The summed E-state index contributed by atoms with van der Waals surface area (Å²) in [7, 11) is 1.75. The number of hydrogen-bond acceptors (Lipinski definition) is 2. The molecule has 1 aromatic rings. The highest BCUT2D eigenvalue weighted by molar-refractivity contribution is 9.10. The second-order valence-corrected chi connectivity index (χ2v) is 5.21. The van der Waals surface area contributed by atoms with Crippen LogP contribution in [0.1, 0.15) is 31.7 Å². The second kappa shape index (κ2) is 4.66. The van der Waals surface area contributed by atoms with E-state index in [1.807, 2.05) is 11.6 Å². The molecule has 1 aromatic heterocycles. The molecule has 0 aliphatic rings. The molecule has 0 aliphatic heterocycles. The molecule has 0 aliphatic carbocycles. The summed E-state index contributed by atoms with van der Waals surface area (Å²) in [6, 6.07) is 0. The van der Waals surface area contributed by atoms with Gasteiger partial charge in [-0.15, -0.1) is 0 Å². The van der Waals surface area contributed by atoms with Crippen LogP contribution in [0.15, 0.2) is 4.47 Å². The first-order valence-corrected chi connectivity index (χ1v) is 5.91. The number of nitrogens with zero attached hydrogens (tertiary/aromatic N) is 2. The van der Waals surface area contributed by atoms with Gasteiger partial charge in [0.1, 0.15) is 0 Å². The zero-order valence-electron chi connectivity index (χ0n) is 10.1. The van der Waals surface area contributed by atoms with Gasteiger partial charge in [0.25, 0.3) is 0 Å². The lowest BCUT2D eigenvalue weighted by Crippen LogP contribution is -2.25. The van der Waals surface area contributed by atoms with E-state index in [1.165, 1.54) is 5.69 Å². The van der Waals surface area contributed by atoms with Crippen LogP contribution in [0.4, 0.5) is 0 Å². The van der Waals surface area contributed by atoms with Crippen molar-refractivity contribution in [2.75, 3.05) is 7.11 Å². The fourth-order valence-electron chi connectivity index (χ4n) is 1.37. The average Bonchev–Trinajstić information content (AvgIpc) is 2.43. The third-order valence-electron chi connectivity index (χ3n) is 2.77. The number of ether oxygens (including phenoxy) is 1. The van der Waals surface area contributed by atoms with E-state index in [0.29, 0.717) is 0 Å². The Kier molecular flexibility index (Phi) is 3.95. The normalized spacial score (nSPS) is 12.1. The van der Waals surface area contributed by atoms with Crippen molar-refractivity contribution < 1.29 is 4.74 Å². The minimum atomic E-state index is -0.0846. The zero-order chi connectivity index (χ0) is 11.6. The van der Waals surface area contributed by atoms with Crippen molar-refractivity contribution in [3.8, 4) is 0 Å². The third kappa shape index (κ3) is 3.05. The highest BCUT2D eigenvalue weighted by atomic mass is 79.9. The van der Waals surface area contributed by atoms with E-state index >= 15 is 0 Å². The van der Waals surface area contributed by atoms with Crippen LogP contribution in [0.5, 0.6) is 0 Å². The Morgan fingerprint density at radius 3 is 2.40 bits per heavy atom. The van der Waals surface area contributed by atoms with Gasteiger partial charge in [0, 0.05) is 19.3 Å². The number of halogens is 1. The quantitative estimate of drug-likeness (QED) is 0.844. The van der Waals surface area contributed by atoms with Crippen LogP contribution in [0.2, 0.25) is 0 Å². The summed E-state index contributed by atoms with van der Waals surface area (Å²) in [6.07, 6.45) is 0.956. The van der Waals surface area contributed by atoms with Crippen molar-refractivity contribution in [1.29, 1.82) is 0 Å². The summed E-state index contributed by atoms with van der Waals surface area (Å²) >= 11 is 3.52. The van der Waals surface area contributed by atoms with E-state index in [0.717, 1.165) is 23.1 Å². The van der Waals surface area contributed by atoms with Gasteiger partial charge in [-0.2, -0.15) is 5.10 Å². The Labute approximate surface area is 99.9 Å². The number of aromatic nitrogens is 2. The minimum Gasteiger partial charge on any atom is -0.379 e. The molecule has 0 atom stereocenters. The molecule has 1 rings (SSSR count). The molecule has 0 spiro atoms. The first-order chi connectivity index (χ1) is 6.87. The van der Waals surface area contributed by atoms with Crippen LogP contribution in [-0.4, -0.2) is 22.5 Å². The lowest BCUT2D eigenvalue weighted by Gasteiger charge is -2.22. The highest BCUT2D eigenvalue weighted by Crippen LogP contribution is 2.21. The lowest BCUT2D eigenvalue weighted by atomic mass is 10.1. The molecule has 0 bridgehead atoms. The van der Waals surface area contributed by atoms with Crippen molar-refractivity contribution in [2.45, 2.75) is 46.3 Å². The minimum absolute atomic E-state index is 0.0846. The Hall–Kier alpha value is -0.350. The maximum atomic E-state index is 5.38. The predicted molar refractivity (Wildman–Crippen MR) is 65.1 cm³/mol. The van der Waals surface area contributed by atoms with Gasteiger partial charge in [0.15, 0.2) is 0 Å². The standard InChI is InChI=1S/C11H19BrN2O/c1-8-10(12)9(2)14(13-8)7-6-11(3,4)15-5/h6-7H2,1-5H3. The maximum absolute atomic E-state index is 5.38. The summed E-state index contributed by atoms with van der Waals surface area (Å²) in [5.74, 6) is 0. The van der Waals surface area contributed by atoms with Crippen LogP contribution >= 0.6 is 15.9 Å². The van der Waals surface area contributed by atoms with Gasteiger partial charge in [-0.05, 0) is 50.0 Å². The monoisotopic (exact) mass is 274 g/mol. The van der Waals surface area contributed by atoms with E-state index in [1.54, 1.807) is 7.11 Å². The molecule has 0 saturated heterocycles. The topological polar surface area (TPSA) is 27.1 Å². The number of aryl methyl sites for hydroxylation is 2. The molecule has 4 heteroatoms.